The van der Waals surface area contributed by atoms with E-state index in [0.717, 1.165) is 60.7 Å². The van der Waals surface area contributed by atoms with Crippen LogP contribution in [-0.2, 0) is 22.5 Å². The Balaban J connectivity index is 1.55. The SMILES string of the molecule is COc1cccc(OC)c1COc1cnccc1CCCOC1CCCCO1. The second-order valence-electron chi connectivity index (χ2n) is 6.68. The van der Waals surface area contributed by atoms with Gasteiger partial charge in [-0.1, -0.05) is 6.07 Å². The molecule has 1 aromatic heterocycles. The highest BCUT2D eigenvalue weighted by Gasteiger charge is 2.14. The summed E-state index contributed by atoms with van der Waals surface area (Å²) in [5.41, 5.74) is 1.98. The summed E-state index contributed by atoms with van der Waals surface area (Å²) in [6, 6.07) is 7.69. The van der Waals surface area contributed by atoms with Crippen molar-refractivity contribution in [2.45, 2.75) is 45.0 Å². The summed E-state index contributed by atoms with van der Waals surface area (Å²) in [4.78, 5) is 4.21. The molecule has 1 aromatic carbocycles. The summed E-state index contributed by atoms with van der Waals surface area (Å²) in [5.74, 6) is 2.25. The Kier molecular flexibility index (Phi) is 7.94. The van der Waals surface area contributed by atoms with E-state index in [4.69, 9.17) is 23.7 Å². The van der Waals surface area contributed by atoms with Crippen LogP contribution in [0.3, 0.4) is 0 Å². The van der Waals surface area contributed by atoms with Gasteiger partial charge in [-0.15, -0.1) is 0 Å². The summed E-state index contributed by atoms with van der Waals surface area (Å²) < 4.78 is 28.4. The van der Waals surface area contributed by atoms with Crippen molar-refractivity contribution in [3.8, 4) is 17.2 Å². The maximum Gasteiger partial charge on any atom is 0.157 e. The Morgan fingerprint density at radius 2 is 1.89 bits per heavy atom. The van der Waals surface area contributed by atoms with Crippen molar-refractivity contribution >= 4 is 0 Å². The van der Waals surface area contributed by atoms with Gasteiger partial charge in [0.25, 0.3) is 0 Å². The third-order valence-electron chi connectivity index (χ3n) is 4.80. The molecule has 2 aromatic rings. The van der Waals surface area contributed by atoms with Crippen molar-refractivity contribution in [2.24, 2.45) is 0 Å². The Bertz CT molecular complexity index is 708. The van der Waals surface area contributed by atoms with Gasteiger partial charge in [-0.05, 0) is 55.9 Å². The average molecular weight is 387 g/mol. The molecule has 1 saturated heterocycles. The second kappa shape index (κ2) is 10.9. The molecule has 0 amide bonds. The van der Waals surface area contributed by atoms with Gasteiger partial charge in [0.15, 0.2) is 6.29 Å². The van der Waals surface area contributed by atoms with Crippen LogP contribution in [0.1, 0.15) is 36.8 Å². The van der Waals surface area contributed by atoms with E-state index in [2.05, 4.69) is 4.98 Å². The highest BCUT2D eigenvalue weighted by Crippen LogP contribution is 2.30. The third-order valence-corrected chi connectivity index (χ3v) is 4.80. The maximum atomic E-state index is 6.07. The average Bonchev–Trinajstić information content (AvgIpc) is 2.76. The van der Waals surface area contributed by atoms with E-state index in [0.29, 0.717) is 13.2 Å². The van der Waals surface area contributed by atoms with Crippen molar-refractivity contribution in [3.63, 3.8) is 0 Å². The lowest BCUT2D eigenvalue weighted by Gasteiger charge is -2.22. The Hall–Kier alpha value is -2.31. The lowest BCUT2D eigenvalue weighted by molar-refractivity contribution is -0.162. The summed E-state index contributed by atoms with van der Waals surface area (Å²) in [7, 11) is 3.29. The van der Waals surface area contributed by atoms with Crippen molar-refractivity contribution in [2.75, 3.05) is 27.4 Å². The van der Waals surface area contributed by atoms with Crippen LogP contribution in [0.2, 0.25) is 0 Å². The molecule has 0 aliphatic carbocycles. The number of aromatic nitrogens is 1. The summed E-state index contributed by atoms with van der Waals surface area (Å²) >= 11 is 0. The standard InChI is InChI=1S/C22H29NO5/c1-24-19-8-5-9-20(25-2)18(19)16-28-21-15-23-12-11-17(21)7-6-14-27-22-10-3-4-13-26-22/h5,8-9,11-12,15,22H,3-4,6-7,10,13-14,16H2,1-2H3. The lowest BCUT2D eigenvalue weighted by Crippen LogP contribution is -2.22. The van der Waals surface area contributed by atoms with Crippen molar-refractivity contribution in [1.82, 2.24) is 4.98 Å². The molecule has 3 rings (SSSR count). The molecule has 0 spiro atoms. The van der Waals surface area contributed by atoms with Crippen LogP contribution in [0, 0.1) is 0 Å². The van der Waals surface area contributed by atoms with Crippen LogP contribution in [-0.4, -0.2) is 38.7 Å². The number of hydrogen-bond donors (Lipinski definition) is 0. The first kappa shape index (κ1) is 20.4. The molecular formula is C22H29NO5. The van der Waals surface area contributed by atoms with E-state index in [1.54, 1.807) is 26.6 Å². The fourth-order valence-electron chi connectivity index (χ4n) is 3.29. The van der Waals surface area contributed by atoms with Gasteiger partial charge in [-0.2, -0.15) is 0 Å². The number of methoxy groups -OCH3 is 2. The highest BCUT2D eigenvalue weighted by atomic mass is 16.7. The molecule has 1 atom stereocenters. The molecule has 152 valence electrons. The summed E-state index contributed by atoms with van der Waals surface area (Å²) in [6.45, 7) is 1.82. The predicted molar refractivity (Wildman–Crippen MR) is 106 cm³/mol. The number of ether oxygens (including phenoxy) is 5. The molecule has 1 aliphatic rings. The fraction of sp³-hybridized carbons (Fsp3) is 0.500. The summed E-state index contributed by atoms with van der Waals surface area (Å²) in [6.07, 6.45) is 8.56. The van der Waals surface area contributed by atoms with Crippen molar-refractivity contribution in [3.05, 3.63) is 47.8 Å². The van der Waals surface area contributed by atoms with Gasteiger partial charge in [-0.3, -0.25) is 4.98 Å². The van der Waals surface area contributed by atoms with Crippen LogP contribution in [0.5, 0.6) is 17.2 Å². The molecule has 0 saturated carbocycles. The molecular weight excluding hydrogens is 358 g/mol. The third kappa shape index (κ3) is 5.59. The first-order valence-electron chi connectivity index (χ1n) is 9.80. The number of pyridine rings is 1. The number of aryl methyl sites for hydroxylation is 1. The van der Waals surface area contributed by atoms with Crippen LogP contribution >= 0.6 is 0 Å². The van der Waals surface area contributed by atoms with Crippen molar-refractivity contribution in [1.29, 1.82) is 0 Å². The van der Waals surface area contributed by atoms with Gasteiger partial charge >= 0.3 is 0 Å². The van der Waals surface area contributed by atoms with E-state index in [9.17, 15) is 0 Å². The van der Waals surface area contributed by atoms with E-state index >= 15 is 0 Å². The molecule has 28 heavy (non-hydrogen) atoms. The molecule has 2 heterocycles. The zero-order valence-corrected chi connectivity index (χ0v) is 16.7. The van der Waals surface area contributed by atoms with Gasteiger partial charge in [0.05, 0.1) is 32.6 Å². The number of nitrogens with zero attached hydrogens (tertiary/aromatic N) is 1. The minimum absolute atomic E-state index is 0.0417. The molecule has 0 N–H and O–H groups in total. The van der Waals surface area contributed by atoms with Gasteiger partial charge in [-0.25, -0.2) is 0 Å². The molecule has 6 heteroatoms. The molecule has 1 aliphatic heterocycles. The molecule has 6 nitrogen and oxygen atoms in total. The Morgan fingerprint density at radius 3 is 2.61 bits per heavy atom. The van der Waals surface area contributed by atoms with Crippen LogP contribution in [0.25, 0.3) is 0 Å². The zero-order valence-electron chi connectivity index (χ0n) is 16.7. The normalized spacial score (nSPS) is 16.6. The van der Waals surface area contributed by atoms with Gasteiger partial charge in [0.1, 0.15) is 23.9 Å². The molecule has 0 bridgehead atoms. The van der Waals surface area contributed by atoms with Crippen LogP contribution < -0.4 is 14.2 Å². The minimum Gasteiger partial charge on any atom is -0.496 e. The first-order valence-corrected chi connectivity index (χ1v) is 9.80. The lowest BCUT2D eigenvalue weighted by atomic mass is 10.1. The predicted octanol–water partition coefficient (Wildman–Crippen LogP) is 4.15. The maximum absolute atomic E-state index is 6.07. The molecule has 1 fully saturated rings. The van der Waals surface area contributed by atoms with Crippen LogP contribution in [0.15, 0.2) is 36.7 Å². The minimum atomic E-state index is -0.0417. The molecule has 0 radical (unpaired) electrons. The molecule has 1 unspecified atom stereocenters. The highest BCUT2D eigenvalue weighted by molar-refractivity contribution is 5.44. The van der Waals surface area contributed by atoms with Crippen molar-refractivity contribution < 1.29 is 23.7 Å². The fourth-order valence-corrected chi connectivity index (χ4v) is 3.29. The largest absolute Gasteiger partial charge is 0.496 e. The Labute approximate surface area is 166 Å². The van der Waals surface area contributed by atoms with Gasteiger partial charge in [0, 0.05) is 12.8 Å². The topological polar surface area (TPSA) is 59.0 Å². The van der Waals surface area contributed by atoms with E-state index in [1.807, 2.05) is 24.3 Å². The number of hydrogen-bond acceptors (Lipinski definition) is 6. The van der Waals surface area contributed by atoms with Gasteiger partial charge in [0.2, 0.25) is 0 Å². The van der Waals surface area contributed by atoms with E-state index in [1.165, 1.54) is 6.42 Å². The van der Waals surface area contributed by atoms with Crippen LogP contribution in [0.4, 0.5) is 0 Å². The van der Waals surface area contributed by atoms with Gasteiger partial charge < -0.3 is 23.7 Å². The second-order valence-corrected chi connectivity index (χ2v) is 6.68. The van der Waals surface area contributed by atoms with E-state index in [-0.39, 0.29) is 6.29 Å². The number of rotatable bonds is 10. The monoisotopic (exact) mass is 387 g/mol. The smallest absolute Gasteiger partial charge is 0.157 e. The van der Waals surface area contributed by atoms with E-state index < -0.39 is 0 Å². The summed E-state index contributed by atoms with van der Waals surface area (Å²) in [5, 5.41) is 0. The quantitative estimate of drug-likeness (QED) is 0.571. The Morgan fingerprint density at radius 1 is 1.07 bits per heavy atom. The number of benzene rings is 1. The first-order chi connectivity index (χ1) is 13.8. The zero-order chi connectivity index (χ0) is 19.6.